The number of aromatic nitrogens is 2. The van der Waals surface area contributed by atoms with Crippen LogP contribution in [0.1, 0.15) is 21.7 Å². The largest absolute Gasteiger partial charge is 0.488 e. The van der Waals surface area contributed by atoms with Crippen LogP contribution in [0.15, 0.2) is 72.8 Å². The van der Waals surface area contributed by atoms with Gasteiger partial charge in [-0.15, -0.1) is 0 Å². The Balaban J connectivity index is 1.43. The number of rotatable bonds is 6. The van der Waals surface area contributed by atoms with Crippen molar-refractivity contribution >= 4 is 16.9 Å². The summed E-state index contributed by atoms with van der Waals surface area (Å²) in [6.07, 6.45) is 0. The predicted octanol–water partition coefficient (Wildman–Crippen LogP) is 4.21. The van der Waals surface area contributed by atoms with E-state index in [0.29, 0.717) is 17.1 Å². The fourth-order valence-corrected chi connectivity index (χ4v) is 2.87. The van der Waals surface area contributed by atoms with Crippen LogP contribution in [0.25, 0.3) is 11.0 Å². The van der Waals surface area contributed by atoms with Gasteiger partial charge in [-0.3, -0.25) is 4.79 Å². The summed E-state index contributed by atoms with van der Waals surface area (Å²) in [5, 5.41) is 2.86. The van der Waals surface area contributed by atoms with Gasteiger partial charge < -0.3 is 15.0 Å². The molecular formula is C22H18FN3O2. The first kappa shape index (κ1) is 17.7. The third-order valence-electron chi connectivity index (χ3n) is 4.29. The molecule has 1 heterocycles. The first-order valence-electron chi connectivity index (χ1n) is 8.87. The molecule has 5 nitrogen and oxygen atoms in total. The van der Waals surface area contributed by atoms with Crippen LogP contribution in [0.3, 0.4) is 0 Å². The fourth-order valence-electron chi connectivity index (χ4n) is 2.87. The number of nitrogens with zero attached hydrogens (tertiary/aromatic N) is 1. The Morgan fingerprint density at radius 2 is 1.75 bits per heavy atom. The molecule has 0 spiro atoms. The highest BCUT2D eigenvalue weighted by molar-refractivity contribution is 5.96. The molecule has 0 radical (unpaired) electrons. The van der Waals surface area contributed by atoms with Crippen LogP contribution in [0.5, 0.6) is 5.75 Å². The van der Waals surface area contributed by atoms with Gasteiger partial charge in [0.25, 0.3) is 5.91 Å². The van der Waals surface area contributed by atoms with Crippen LogP contribution in [0.4, 0.5) is 4.39 Å². The first-order chi connectivity index (χ1) is 13.7. The van der Waals surface area contributed by atoms with Crippen molar-refractivity contribution in [2.75, 3.05) is 0 Å². The number of aromatic amines is 1. The summed E-state index contributed by atoms with van der Waals surface area (Å²) >= 11 is 0. The molecule has 3 aromatic carbocycles. The Bertz CT molecular complexity index is 1070. The SMILES string of the molecule is O=C(NCc1nc2ccccc2[nH]1)c1ccccc1OCc1ccc(F)cc1. The van der Waals surface area contributed by atoms with Gasteiger partial charge in [0.05, 0.1) is 23.1 Å². The Morgan fingerprint density at radius 3 is 2.57 bits per heavy atom. The number of para-hydroxylation sites is 3. The van der Waals surface area contributed by atoms with E-state index in [2.05, 4.69) is 15.3 Å². The number of ether oxygens (including phenoxy) is 1. The Hall–Kier alpha value is -3.67. The molecule has 28 heavy (non-hydrogen) atoms. The summed E-state index contributed by atoms with van der Waals surface area (Å²) in [4.78, 5) is 20.3. The molecule has 0 unspecified atom stereocenters. The molecule has 6 heteroatoms. The molecule has 0 saturated heterocycles. The number of carbonyl (C=O) groups excluding carboxylic acids is 1. The molecule has 140 valence electrons. The molecule has 0 aliphatic rings. The normalized spacial score (nSPS) is 10.8. The maximum atomic E-state index is 13.0. The van der Waals surface area contributed by atoms with Crippen molar-refractivity contribution in [1.29, 1.82) is 0 Å². The van der Waals surface area contributed by atoms with Gasteiger partial charge in [-0.1, -0.05) is 36.4 Å². The second-order valence-electron chi connectivity index (χ2n) is 6.29. The standard InChI is InChI=1S/C22H18FN3O2/c23-16-11-9-15(10-12-16)14-28-20-8-4-1-5-17(20)22(27)24-13-21-25-18-6-2-3-7-19(18)26-21/h1-12H,13-14H2,(H,24,27)(H,25,26). The van der Waals surface area contributed by atoms with E-state index in [1.54, 1.807) is 36.4 Å². The third kappa shape index (κ3) is 4.01. The first-order valence-corrected chi connectivity index (χ1v) is 8.87. The number of fused-ring (bicyclic) bond motifs is 1. The number of hydrogen-bond donors (Lipinski definition) is 2. The van der Waals surface area contributed by atoms with E-state index in [1.165, 1.54) is 12.1 Å². The summed E-state index contributed by atoms with van der Waals surface area (Å²) in [5.74, 6) is 0.595. The highest BCUT2D eigenvalue weighted by atomic mass is 19.1. The van der Waals surface area contributed by atoms with Crippen LogP contribution < -0.4 is 10.1 Å². The van der Waals surface area contributed by atoms with Crippen LogP contribution in [0.2, 0.25) is 0 Å². The lowest BCUT2D eigenvalue weighted by atomic mass is 10.2. The number of carbonyl (C=O) groups is 1. The summed E-state index contributed by atoms with van der Waals surface area (Å²) in [7, 11) is 0. The van der Waals surface area contributed by atoms with Crippen molar-refractivity contribution in [3.05, 3.63) is 95.6 Å². The number of benzene rings is 3. The topological polar surface area (TPSA) is 67.0 Å². The van der Waals surface area contributed by atoms with Gasteiger partial charge in [0.1, 0.15) is 24.0 Å². The molecule has 0 aliphatic heterocycles. The van der Waals surface area contributed by atoms with Crippen molar-refractivity contribution < 1.29 is 13.9 Å². The van der Waals surface area contributed by atoms with E-state index in [-0.39, 0.29) is 24.9 Å². The number of imidazole rings is 1. The summed E-state index contributed by atoms with van der Waals surface area (Å²) in [5.41, 5.74) is 3.03. The Labute approximate surface area is 161 Å². The summed E-state index contributed by atoms with van der Waals surface area (Å²) in [6, 6.07) is 20.8. The van der Waals surface area contributed by atoms with Crippen LogP contribution in [0, 0.1) is 5.82 Å². The summed E-state index contributed by atoms with van der Waals surface area (Å²) < 4.78 is 18.8. The second-order valence-corrected chi connectivity index (χ2v) is 6.29. The molecule has 0 bridgehead atoms. The van der Waals surface area contributed by atoms with Crippen molar-refractivity contribution in [1.82, 2.24) is 15.3 Å². The minimum Gasteiger partial charge on any atom is -0.488 e. The maximum Gasteiger partial charge on any atom is 0.255 e. The Morgan fingerprint density at radius 1 is 1.00 bits per heavy atom. The average molecular weight is 375 g/mol. The number of nitrogens with one attached hydrogen (secondary N) is 2. The third-order valence-corrected chi connectivity index (χ3v) is 4.29. The van der Waals surface area contributed by atoms with Gasteiger partial charge in [0.15, 0.2) is 0 Å². The zero-order chi connectivity index (χ0) is 19.3. The quantitative estimate of drug-likeness (QED) is 0.530. The lowest BCUT2D eigenvalue weighted by molar-refractivity contribution is 0.0945. The zero-order valence-corrected chi connectivity index (χ0v) is 15.0. The monoisotopic (exact) mass is 375 g/mol. The molecule has 0 atom stereocenters. The molecule has 4 aromatic rings. The molecule has 1 aromatic heterocycles. The Kier molecular flexibility index (Phi) is 5.01. The van der Waals surface area contributed by atoms with E-state index in [0.717, 1.165) is 16.6 Å². The number of halogens is 1. The maximum absolute atomic E-state index is 13.0. The van der Waals surface area contributed by atoms with Gasteiger partial charge in [0, 0.05) is 0 Å². The van der Waals surface area contributed by atoms with Crippen LogP contribution >= 0.6 is 0 Å². The van der Waals surface area contributed by atoms with Crippen LogP contribution in [-0.4, -0.2) is 15.9 Å². The minimum absolute atomic E-state index is 0.244. The van der Waals surface area contributed by atoms with E-state index in [1.807, 2.05) is 24.3 Å². The summed E-state index contributed by atoms with van der Waals surface area (Å²) in [6.45, 7) is 0.522. The molecule has 0 fully saturated rings. The molecule has 0 aliphatic carbocycles. The van der Waals surface area contributed by atoms with Gasteiger partial charge in [0.2, 0.25) is 0 Å². The highest BCUT2D eigenvalue weighted by Gasteiger charge is 2.13. The molecular weight excluding hydrogens is 357 g/mol. The lowest BCUT2D eigenvalue weighted by Gasteiger charge is -2.11. The van der Waals surface area contributed by atoms with Crippen molar-refractivity contribution in [3.8, 4) is 5.75 Å². The van der Waals surface area contributed by atoms with Crippen molar-refractivity contribution in [3.63, 3.8) is 0 Å². The minimum atomic E-state index is -0.297. The highest BCUT2D eigenvalue weighted by Crippen LogP contribution is 2.20. The number of hydrogen-bond acceptors (Lipinski definition) is 3. The zero-order valence-electron chi connectivity index (χ0n) is 15.0. The molecule has 0 saturated carbocycles. The van der Waals surface area contributed by atoms with Crippen molar-refractivity contribution in [2.24, 2.45) is 0 Å². The molecule has 2 N–H and O–H groups in total. The van der Waals surface area contributed by atoms with Gasteiger partial charge in [-0.25, -0.2) is 9.37 Å². The molecule has 4 rings (SSSR count). The molecule has 1 amide bonds. The fraction of sp³-hybridized carbons (Fsp3) is 0.0909. The van der Waals surface area contributed by atoms with Crippen LogP contribution in [-0.2, 0) is 13.2 Å². The van der Waals surface area contributed by atoms with E-state index >= 15 is 0 Å². The van der Waals surface area contributed by atoms with Crippen molar-refractivity contribution in [2.45, 2.75) is 13.2 Å². The van der Waals surface area contributed by atoms with E-state index in [4.69, 9.17) is 4.74 Å². The lowest BCUT2D eigenvalue weighted by Crippen LogP contribution is -2.24. The predicted molar refractivity (Wildman–Crippen MR) is 104 cm³/mol. The van der Waals surface area contributed by atoms with E-state index in [9.17, 15) is 9.18 Å². The number of H-pyrrole nitrogens is 1. The smallest absolute Gasteiger partial charge is 0.255 e. The van der Waals surface area contributed by atoms with Gasteiger partial charge in [-0.2, -0.15) is 0 Å². The second kappa shape index (κ2) is 7.92. The van der Waals surface area contributed by atoms with E-state index < -0.39 is 0 Å². The average Bonchev–Trinajstić information content (AvgIpc) is 3.15. The number of amides is 1. The van der Waals surface area contributed by atoms with Gasteiger partial charge >= 0.3 is 0 Å². The van der Waals surface area contributed by atoms with Gasteiger partial charge in [-0.05, 0) is 42.0 Å².